The van der Waals surface area contributed by atoms with Gasteiger partial charge in [-0.2, -0.15) is 0 Å². The van der Waals surface area contributed by atoms with E-state index in [4.69, 9.17) is 9.47 Å². The Balaban J connectivity index is 1.79. The van der Waals surface area contributed by atoms with Crippen molar-refractivity contribution in [3.05, 3.63) is 0 Å². The molecular formula is C15H26O3. The lowest BCUT2D eigenvalue weighted by Crippen LogP contribution is -2.33. The van der Waals surface area contributed by atoms with E-state index in [1.54, 1.807) is 0 Å². The van der Waals surface area contributed by atoms with Crippen LogP contribution in [0.2, 0.25) is 0 Å². The Morgan fingerprint density at radius 3 is 2.56 bits per heavy atom. The van der Waals surface area contributed by atoms with Gasteiger partial charge in [-0.15, -0.1) is 0 Å². The van der Waals surface area contributed by atoms with Crippen molar-refractivity contribution in [3.8, 4) is 0 Å². The summed E-state index contributed by atoms with van der Waals surface area (Å²) in [7, 11) is 0. The molecule has 2 bridgehead atoms. The fourth-order valence-electron chi connectivity index (χ4n) is 3.08. The van der Waals surface area contributed by atoms with Crippen LogP contribution in [0.15, 0.2) is 0 Å². The summed E-state index contributed by atoms with van der Waals surface area (Å²) in [5.41, 5.74) is -0.410. The van der Waals surface area contributed by atoms with Gasteiger partial charge in [-0.3, -0.25) is 4.79 Å². The van der Waals surface area contributed by atoms with Crippen LogP contribution >= 0.6 is 0 Å². The van der Waals surface area contributed by atoms with Crippen molar-refractivity contribution >= 4 is 5.97 Å². The molecule has 2 saturated carbocycles. The first kappa shape index (κ1) is 13.9. The van der Waals surface area contributed by atoms with E-state index in [0.29, 0.717) is 12.0 Å². The van der Waals surface area contributed by atoms with E-state index in [1.165, 1.54) is 19.3 Å². The van der Waals surface area contributed by atoms with Crippen molar-refractivity contribution < 1.29 is 14.3 Å². The molecule has 0 aliphatic heterocycles. The van der Waals surface area contributed by atoms with Crippen LogP contribution < -0.4 is 0 Å². The molecule has 0 amide bonds. The van der Waals surface area contributed by atoms with Gasteiger partial charge in [0.25, 0.3) is 0 Å². The minimum Gasteiger partial charge on any atom is -0.436 e. The Morgan fingerprint density at radius 1 is 1.33 bits per heavy atom. The van der Waals surface area contributed by atoms with Crippen molar-refractivity contribution in [1.82, 2.24) is 0 Å². The Morgan fingerprint density at radius 2 is 2.06 bits per heavy atom. The summed E-state index contributed by atoms with van der Waals surface area (Å²) < 4.78 is 11.3. The zero-order valence-corrected chi connectivity index (χ0v) is 12.1. The third-order valence-corrected chi connectivity index (χ3v) is 4.75. The molecule has 0 spiro atoms. The maximum Gasteiger partial charge on any atom is 0.313 e. The largest absolute Gasteiger partial charge is 0.436 e. The molecule has 0 radical (unpaired) electrons. The van der Waals surface area contributed by atoms with Crippen LogP contribution in [0.5, 0.6) is 0 Å². The Kier molecular flexibility index (Phi) is 4.00. The zero-order valence-electron chi connectivity index (χ0n) is 12.1. The highest BCUT2D eigenvalue weighted by molar-refractivity contribution is 5.75. The third kappa shape index (κ3) is 2.87. The summed E-state index contributed by atoms with van der Waals surface area (Å²) in [4.78, 5) is 11.9. The standard InChI is InChI=1S/C15H26O3/c1-5-15(3,4)14(16)18-10(2)17-13-9-11-6-7-12(13)8-11/h10-13H,5-9H2,1-4H3. The lowest BCUT2D eigenvalue weighted by atomic mass is 9.91. The summed E-state index contributed by atoms with van der Waals surface area (Å²) in [6, 6.07) is 0. The molecule has 2 rings (SSSR count). The van der Waals surface area contributed by atoms with Gasteiger partial charge < -0.3 is 9.47 Å². The number of fused-ring (bicyclic) bond motifs is 2. The van der Waals surface area contributed by atoms with Gasteiger partial charge in [0.1, 0.15) is 0 Å². The van der Waals surface area contributed by atoms with Crippen molar-refractivity contribution in [2.24, 2.45) is 17.3 Å². The van der Waals surface area contributed by atoms with Crippen molar-refractivity contribution in [2.75, 3.05) is 0 Å². The molecule has 104 valence electrons. The first-order valence-electron chi connectivity index (χ1n) is 7.29. The van der Waals surface area contributed by atoms with Gasteiger partial charge in [-0.25, -0.2) is 0 Å². The lowest BCUT2D eigenvalue weighted by Gasteiger charge is -2.28. The van der Waals surface area contributed by atoms with Crippen LogP contribution in [0.4, 0.5) is 0 Å². The fraction of sp³-hybridized carbons (Fsp3) is 0.933. The Hall–Kier alpha value is -0.570. The molecule has 0 N–H and O–H groups in total. The number of esters is 1. The molecule has 0 aromatic carbocycles. The monoisotopic (exact) mass is 254 g/mol. The second kappa shape index (κ2) is 5.20. The summed E-state index contributed by atoms with van der Waals surface area (Å²) in [6.45, 7) is 7.68. The van der Waals surface area contributed by atoms with E-state index in [1.807, 2.05) is 27.7 Å². The Bertz CT molecular complexity index is 311. The molecule has 18 heavy (non-hydrogen) atoms. The number of carbonyl (C=O) groups is 1. The van der Waals surface area contributed by atoms with E-state index in [-0.39, 0.29) is 5.97 Å². The molecule has 0 heterocycles. The molecule has 4 atom stereocenters. The predicted molar refractivity (Wildman–Crippen MR) is 69.9 cm³/mol. The summed E-state index contributed by atoms with van der Waals surface area (Å²) in [6.07, 6.45) is 5.81. The summed E-state index contributed by atoms with van der Waals surface area (Å²) in [5.74, 6) is 1.41. The molecule has 4 unspecified atom stereocenters. The van der Waals surface area contributed by atoms with E-state index >= 15 is 0 Å². The van der Waals surface area contributed by atoms with E-state index in [0.717, 1.165) is 18.8 Å². The number of rotatable bonds is 5. The van der Waals surface area contributed by atoms with Crippen LogP contribution in [0, 0.1) is 17.3 Å². The highest BCUT2D eigenvalue weighted by Crippen LogP contribution is 2.46. The SMILES string of the molecule is CCC(C)(C)C(=O)OC(C)OC1CC2CCC1C2. The molecule has 2 fully saturated rings. The molecule has 0 saturated heterocycles. The van der Waals surface area contributed by atoms with Gasteiger partial charge in [0.15, 0.2) is 6.29 Å². The molecular weight excluding hydrogens is 228 g/mol. The van der Waals surface area contributed by atoms with Crippen molar-refractivity contribution in [1.29, 1.82) is 0 Å². The minimum atomic E-state index is -0.410. The normalized spacial score (nSPS) is 32.6. The molecule has 3 nitrogen and oxygen atoms in total. The molecule has 2 aliphatic carbocycles. The van der Waals surface area contributed by atoms with E-state index in [2.05, 4.69) is 0 Å². The van der Waals surface area contributed by atoms with Crippen LogP contribution in [-0.4, -0.2) is 18.4 Å². The van der Waals surface area contributed by atoms with Gasteiger partial charge in [-0.1, -0.05) is 6.92 Å². The first-order chi connectivity index (χ1) is 8.42. The summed E-state index contributed by atoms with van der Waals surface area (Å²) in [5, 5.41) is 0. The second-order valence-electron chi connectivity index (χ2n) is 6.56. The topological polar surface area (TPSA) is 35.5 Å². The summed E-state index contributed by atoms with van der Waals surface area (Å²) >= 11 is 0. The van der Waals surface area contributed by atoms with Gasteiger partial charge in [0.2, 0.25) is 0 Å². The van der Waals surface area contributed by atoms with Crippen molar-refractivity contribution in [2.45, 2.75) is 72.2 Å². The highest BCUT2D eigenvalue weighted by atomic mass is 16.7. The molecule has 2 aliphatic rings. The van der Waals surface area contributed by atoms with Crippen LogP contribution in [0.3, 0.4) is 0 Å². The maximum absolute atomic E-state index is 11.9. The molecule has 0 aromatic rings. The number of ether oxygens (including phenoxy) is 2. The average Bonchev–Trinajstić information content (AvgIpc) is 2.90. The zero-order chi connectivity index (χ0) is 13.3. The van der Waals surface area contributed by atoms with E-state index in [9.17, 15) is 4.79 Å². The predicted octanol–water partition coefficient (Wildman–Crippen LogP) is 3.52. The van der Waals surface area contributed by atoms with Gasteiger partial charge in [-0.05, 0) is 64.7 Å². The average molecular weight is 254 g/mol. The van der Waals surface area contributed by atoms with E-state index < -0.39 is 11.7 Å². The smallest absolute Gasteiger partial charge is 0.313 e. The highest BCUT2D eigenvalue weighted by Gasteiger charge is 2.41. The van der Waals surface area contributed by atoms with Gasteiger partial charge in [0.05, 0.1) is 11.5 Å². The fourth-order valence-corrected chi connectivity index (χ4v) is 3.08. The van der Waals surface area contributed by atoms with Gasteiger partial charge in [0, 0.05) is 0 Å². The van der Waals surface area contributed by atoms with Gasteiger partial charge >= 0.3 is 5.97 Å². The lowest BCUT2D eigenvalue weighted by molar-refractivity contribution is -0.198. The number of hydrogen-bond donors (Lipinski definition) is 0. The van der Waals surface area contributed by atoms with Crippen LogP contribution in [-0.2, 0) is 14.3 Å². The molecule has 0 aromatic heterocycles. The third-order valence-electron chi connectivity index (χ3n) is 4.75. The van der Waals surface area contributed by atoms with Crippen LogP contribution in [0.1, 0.15) is 59.8 Å². The maximum atomic E-state index is 11.9. The first-order valence-corrected chi connectivity index (χ1v) is 7.29. The quantitative estimate of drug-likeness (QED) is 0.556. The minimum absolute atomic E-state index is 0.152. The number of carbonyl (C=O) groups excluding carboxylic acids is 1. The Labute approximate surface area is 110 Å². The number of hydrogen-bond acceptors (Lipinski definition) is 3. The second-order valence-corrected chi connectivity index (χ2v) is 6.56. The van der Waals surface area contributed by atoms with Crippen molar-refractivity contribution in [3.63, 3.8) is 0 Å². The van der Waals surface area contributed by atoms with Crippen LogP contribution in [0.25, 0.3) is 0 Å². The molecule has 3 heteroatoms.